The summed E-state index contributed by atoms with van der Waals surface area (Å²) in [7, 11) is 5.70. The fraction of sp³-hybridized carbons (Fsp3) is 0.500. The highest BCUT2D eigenvalue weighted by molar-refractivity contribution is 5.80. The van der Waals surface area contributed by atoms with Crippen molar-refractivity contribution in [2.45, 2.75) is 19.4 Å². The van der Waals surface area contributed by atoms with E-state index in [2.05, 4.69) is 15.3 Å². The standard InChI is InChI=1S/C16H24N4O2/c1-19(2)9-4-8-17-16(21)7-10-20-15-6-5-14(22-3)11-13(15)12-18-20/h5-6,11-12H,4,7-10H2,1-3H3,(H,17,21). The molecule has 0 aliphatic carbocycles. The van der Waals surface area contributed by atoms with Gasteiger partial charge in [-0.2, -0.15) is 5.10 Å². The number of hydrogen-bond donors (Lipinski definition) is 1. The predicted molar refractivity (Wildman–Crippen MR) is 87.1 cm³/mol. The third-order valence-corrected chi connectivity index (χ3v) is 3.50. The summed E-state index contributed by atoms with van der Waals surface area (Å²) in [5.41, 5.74) is 1.02. The van der Waals surface area contributed by atoms with Gasteiger partial charge in [0.2, 0.25) is 5.91 Å². The zero-order chi connectivity index (χ0) is 15.9. The molecular weight excluding hydrogens is 280 g/mol. The number of fused-ring (bicyclic) bond motifs is 1. The maximum Gasteiger partial charge on any atom is 0.221 e. The van der Waals surface area contributed by atoms with Gasteiger partial charge in [-0.25, -0.2) is 0 Å². The molecule has 0 atom stereocenters. The molecule has 6 heteroatoms. The van der Waals surface area contributed by atoms with E-state index in [1.165, 1.54) is 0 Å². The van der Waals surface area contributed by atoms with E-state index >= 15 is 0 Å². The smallest absolute Gasteiger partial charge is 0.221 e. The van der Waals surface area contributed by atoms with Crippen LogP contribution in [0.15, 0.2) is 24.4 Å². The van der Waals surface area contributed by atoms with Crippen LogP contribution in [0.5, 0.6) is 5.75 Å². The van der Waals surface area contributed by atoms with E-state index in [1.807, 2.05) is 37.0 Å². The summed E-state index contributed by atoms with van der Waals surface area (Å²) in [5, 5.41) is 8.30. The average Bonchev–Trinajstić information content (AvgIpc) is 2.91. The minimum absolute atomic E-state index is 0.0657. The number of carbonyl (C=O) groups excluding carboxylic acids is 1. The molecule has 0 saturated carbocycles. The van der Waals surface area contributed by atoms with Crippen molar-refractivity contribution in [1.29, 1.82) is 0 Å². The van der Waals surface area contributed by atoms with E-state index in [0.717, 1.165) is 29.6 Å². The number of methoxy groups -OCH3 is 1. The minimum atomic E-state index is 0.0657. The van der Waals surface area contributed by atoms with Crippen molar-refractivity contribution in [3.05, 3.63) is 24.4 Å². The lowest BCUT2D eigenvalue weighted by atomic mass is 10.2. The maximum absolute atomic E-state index is 11.8. The highest BCUT2D eigenvalue weighted by Gasteiger charge is 2.06. The normalized spacial score (nSPS) is 11.1. The number of aryl methyl sites for hydroxylation is 1. The van der Waals surface area contributed by atoms with Crippen LogP contribution < -0.4 is 10.1 Å². The molecule has 0 radical (unpaired) electrons. The fourth-order valence-corrected chi connectivity index (χ4v) is 2.29. The number of nitrogens with one attached hydrogen (secondary N) is 1. The van der Waals surface area contributed by atoms with Crippen LogP contribution in [-0.4, -0.2) is 54.9 Å². The Kier molecular flexibility index (Phi) is 5.77. The molecule has 22 heavy (non-hydrogen) atoms. The Morgan fingerprint density at radius 1 is 1.41 bits per heavy atom. The van der Waals surface area contributed by atoms with Crippen molar-refractivity contribution in [2.75, 3.05) is 34.3 Å². The molecular formula is C16H24N4O2. The molecule has 0 unspecified atom stereocenters. The Morgan fingerprint density at radius 3 is 2.95 bits per heavy atom. The number of rotatable bonds is 8. The summed E-state index contributed by atoms with van der Waals surface area (Å²) >= 11 is 0. The number of amides is 1. The van der Waals surface area contributed by atoms with E-state index in [-0.39, 0.29) is 5.91 Å². The number of aromatic nitrogens is 2. The minimum Gasteiger partial charge on any atom is -0.497 e. The number of ether oxygens (including phenoxy) is 1. The molecule has 1 aromatic carbocycles. The lowest BCUT2D eigenvalue weighted by Crippen LogP contribution is -2.27. The summed E-state index contributed by atoms with van der Waals surface area (Å²) in [5.74, 6) is 0.876. The van der Waals surface area contributed by atoms with Crippen LogP contribution in [0.1, 0.15) is 12.8 Å². The highest BCUT2D eigenvalue weighted by atomic mass is 16.5. The fourth-order valence-electron chi connectivity index (χ4n) is 2.29. The van der Waals surface area contributed by atoms with Gasteiger partial charge in [-0.1, -0.05) is 0 Å². The van der Waals surface area contributed by atoms with Gasteiger partial charge in [0.25, 0.3) is 0 Å². The van der Waals surface area contributed by atoms with Crippen LogP contribution in [0.25, 0.3) is 10.9 Å². The molecule has 120 valence electrons. The van der Waals surface area contributed by atoms with E-state index in [0.29, 0.717) is 19.5 Å². The first kappa shape index (κ1) is 16.3. The van der Waals surface area contributed by atoms with Crippen LogP contribution >= 0.6 is 0 Å². The molecule has 1 amide bonds. The molecule has 0 fully saturated rings. The molecule has 2 aromatic rings. The van der Waals surface area contributed by atoms with Crippen molar-refractivity contribution in [2.24, 2.45) is 0 Å². The van der Waals surface area contributed by atoms with E-state index < -0.39 is 0 Å². The molecule has 2 rings (SSSR count). The first-order valence-corrected chi connectivity index (χ1v) is 7.51. The summed E-state index contributed by atoms with van der Waals surface area (Å²) in [6.45, 7) is 2.27. The molecule has 1 N–H and O–H groups in total. The summed E-state index contributed by atoms with van der Waals surface area (Å²) in [4.78, 5) is 13.9. The quantitative estimate of drug-likeness (QED) is 0.751. The van der Waals surface area contributed by atoms with Gasteiger partial charge in [-0.3, -0.25) is 9.48 Å². The van der Waals surface area contributed by atoms with Gasteiger partial charge in [0.05, 0.1) is 25.4 Å². The number of carbonyl (C=O) groups is 1. The second-order valence-corrected chi connectivity index (χ2v) is 5.55. The van der Waals surface area contributed by atoms with E-state index in [9.17, 15) is 4.79 Å². The molecule has 0 aliphatic rings. The number of hydrogen-bond acceptors (Lipinski definition) is 4. The lowest BCUT2D eigenvalue weighted by Gasteiger charge is -2.10. The van der Waals surface area contributed by atoms with Crippen LogP contribution in [0, 0.1) is 0 Å². The van der Waals surface area contributed by atoms with Crippen LogP contribution in [0.4, 0.5) is 0 Å². The zero-order valence-corrected chi connectivity index (χ0v) is 13.5. The monoisotopic (exact) mass is 304 g/mol. The van der Waals surface area contributed by atoms with Gasteiger partial charge < -0.3 is 15.0 Å². The Balaban J connectivity index is 1.82. The molecule has 1 heterocycles. The van der Waals surface area contributed by atoms with Gasteiger partial charge >= 0.3 is 0 Å². The Bertz CT molecular complexity index is 622. The Morgan fingerprint density at radius 2 is 2.23 bits per heavy atom. The Hall–Kier alpha value is -2.08. The first-order valence-electron chi connectivity index (χ1n) is 7.51. The Labute approximate surface area is 131 Å². The summed E-state index contributed by atoms with van der Waals surface area (Å²) < 4.78 is 7.05. The average molecular weight is 304 g/mol. The van der Waals surface area contributed by atoms with Crippen molar-refractivity contribution in [3.63, 3.8) is 0 Å². The van der Waals surface area contributed by atoms with Gasteiger partial charge in [0, 0.05) is 18.4 Å². The van der Waals surface area contributed by atoms with Crippen molar-refractivity contribution in [3.8, 4) is 5.75 Å². The third kappa shape index (κ3) is 4.46. The van der Waals surface area contributed by atoms with Gasteiger partial charge in [0.1, 0.15) is 5.75 Å². The largest absolute Gasteiger partial charge is 0.497 e. The maximum atomic E-state index is 11.8. The van der Waals surface area contributed by atoms with E-state index in [4.69, 9.17) is 4.74 Å². The molecule has 0 spiro atoms. The SMILES string of the molecule is COc1ccc2c(cnn2CCC(=O)NCCCN(C)C)c1. The molecule has 0 aliphatic heterocycles. The predicted octanol–water partition coefficient (Wildman–Crippen LogP) is 1.50. The van der Waals surface area contributed by atoms with Crippen LogP contribution in [0.2, 0.25) is 0 Å². The summed E-state index contributed by atoms with van der Waals surface area (Å²) in [6.07, 6.45) is 3.20. The van der Waals surface area contributed by atoms with Gasteiger partial charge in [0.15, 0.2) is 0 Å². The second-order valence-electron chi connectivity index (χ2n) is 5.55. The van der Waals surface area contributed by atoms with Crippen molar-refractivity contribution >= 4 is 16.8 Å². The third-order valence-electron chi connectivity index (χ3n) is 3.50. The van der Waals surface area contributed by atoms with Gasteiger partial charge in [-0.05, 0) is 45.3 Å². The van der Waals surface area contributed by atoms with Crippen LogP contribution in [-0.2, 0) is 11.3 Å². The summed E-state index contributed by atoms with van der Waals surface area (Å²) in [6, 6.07) is 5.82. The van der Waals surface area contributed by atoms with Gasteiger partial charge in [-0.15, -0.1) is 0 Å². The van der Waals surface area contributed by atoms with Crippen molar-refractivity contribution in [1.82, 2.24) is 20.0 Å². The highest BCUT2D eigenvalue weighted by Crippen LogP contribution is 2.20. The van der Waals surface area contributed by atoms with E-state index in [1.54, 1.807) is 13.3 Å². The first-order chi connectivity index (χ1) is 10.6. The molecule has 6 nitrogen and oxygen atoms in total. The molecule has 0 bridgehead atoms. The number of benzene rings is 1. The second kappa shape index (κ2) is 7.79. The molecule has 1 aromatic heterocycles. The lowest BCUT2D eigenvalue weighted by molar-refractivity contribution is -0.121. The number of nitrogens with zero attached hydrogens (tertiary/aromatic N) is 3. The van der Waals surface area contributed by atoms with Crippen LogP contribution in [0.3, 0.4) is 0 Å². The topological polar surface area (TPSA) is 59.4 Å². The zero-order valence-electron chi connectivity index (χ0n) is 13.5. The van der Waals surface area contributed by atoms with Crippen molar-refractivity contribution < 1.29 is 9.53 Å². The molecule has 0 saturated heterocycles.